The average Bonchev–Trinajstić information content (AvgIpc) is 2.78. The van der Waals surface area contributed by atoms with E-state index in [1.54, 1.807) is 24.3 Å². The molecule has 0 spiro atoms. The maximum Gasteiger partial charge on any atom is 0.309 e. The molecule has 0 saturated heterocycles. The number of halogens is 2. The molecule has 0 unspecified atom stereocenters. The van der Waals surface area contributed by atoms with Crippen molar-refractivity contribution in [1.82, 2.24) is 4.98 Å². The number of aromatic nitrogens is 1. The molecule has 3 rings (SSSR count). The Morgan fingerprint density at radius 2 is 1.77 bits per heavy atom. The van der Waals surface area contributed by atoms with Crippen LogP contribution in [0.2, 0.25) is 10.0 Å². The molecule has 8 heteroatoms. The third-order valence-electron chi connectivity index (χ3n) is 4.19. The Labute approximate surface area is 194 Å². The maximum absolute atomic E-state index is 11.3. The lowest BCUT2D eigenvalue weighted by Crippen LogP contribution is -2.04. The Balaban J connectivity index is 1.74. The van der Waals surface area contributed by atoms with Crippen molar-refractivity contribution in [3.63, 3.8) is 0 Å². The Morgan fingerprint density at radius 1 is 1.03 bits per heavy atom. The van der Waals surface area contributed by atoms with E-state index in [1.807, 2.05) is 36.4 Å². The van der Waals surface area contributed by atoms with Crippen molar-refractivity contribution in [3.05, 3.63) is 98.6 Å². The molecule has 1 aromatic heterocycles. The number of pyridine rings is 1. The second kappa shape index (κ2) is 11.6. The molecule has 0 atom stereocenters. The summed E-state index contributed by atoms with van der Waals surface area (Å²) in [4.78, 5) is 27.0. The highest BCUT2D eigenvalue weighted by Crippen LogP contribution is 2.35. The number of nitroso groups, excluding NO2 is 1. The number of carbonyl (C=O) groups excluding carboxylic acids is 1. The van der Waals surface area contributed by atoms with Crippen LogP contribution in [0, 0.1) is 4.91 Å². The van der Waals surface area contributed by atoms with Gasteiger partial charge in [-0.2, -0.15) is 0 Å². The van der Waals surface area contributed by atoms with Crippen molar-refractivity contribution >= 4 is 46.9 Å². The van der Waals surface area contributed by atoms with E-state index in [0.717, 1.165) is 28.6 Å². The molecule has 0 aliphatic carbocycles. The van der Waals surface area contributed by atoms with Gasteiger partial charge in [0.15, 0.2) is 0 Å². The van der Waals surface area contributed by atoms with E-state index in [0.29, 0.717) is 33.8 Å². The quantitative estimate of drug-likeness (QED) is 0.199. The number of nitrogens with zero attached hydrogens (tertiary/aromatic N) is 2. The summed E-state index contributed by atoms with van der Waals surface area (Å²) in [6.07, 6.45) is 3.22. The maximum atomic E-state index is 11.3. The molecule has 31 heavy (non-hydrogen) atoms. The number of amides is 1. The first-order valence-corrected chi connectivity index (χ1v) is 11.1. The highest BCUT2D eigenvalue weighted by atomic mass is 35.5. The molecular formula is C23H18Cl2N2O3S. The van der Waals surface area contributed by atoms with E-state index in [1.165, 1.54) is 17.8 Å². The highest BCUT2D eigenvalue weighted by Gasteiger charge is 2.10. The summed E-state index contributed by atoms with van der Waals surface area (Å²) in [5.74, 6) is 0.129. The molecule has 1 amide bonds. The van der Waals surface area contributed by atoms with Gasteiger partial charge in [-0.3, -0.25) is 4.79 Å². The minimum atomic E-state index is -0.889. The van der Waals surface area contributed by atoms with Gasteiger partial charge in [0.1, 0.15) is 11.4 Å². The third-order valence-corrected chi connectivity index (χ3v) is 6.21. The molecule has 0 aliphatic heterocycles. The van der Waals surface area contributed by atoms with E-state index >= 15 is 0 Å². The zero-order valence-corrected chi connectivity index (χ0v) is 18.7. The fourth-order valence-electron chi connectivity index (χ4n) is 2.70. The van der Waals surface area contributed by atoms with E-state index in [4.69, 9.17) is 27.9 Å². The van der Waals surface area contributed by atoms with Crippen molar-refractivity contribution in [2.45, 2.75) is 17.1 Å². The fraction of sp³-hybridized carbons (Fsp3) is 0.130. The Bertz CT molecular complexity index is 1070. The van der Waals surface area contributed by atoms with Gasteiger partial charge in [0.25, 0.3) is 0 Å². The van der Waals surface area contributed by atoms with E-state index in [2.05, 4.69) is 10.2 Å². The SMILES string of the molecule is O=NC(=O)/C=C/c1nc(CSc2c(Cl)cccc2Cl)ccc1OCCc1ccccc1. The number of benzene rings is 2. The summed E-state index contributed by atoms with van der Waals surface area (Å²) in [6, 6.07) is 18.9. The first kappa shape index (κ1) is 23.0. The molecule has 0 radical (unpaired) electrons. The fourth-order valence-corrected chi connectivity index (χ4v) is 4.29. The van der Waals surface area contributed by atoms with Crippen LogP contribution >= 0.6 is 35.0 Å². The molecule has 0 saturated carbocycles. The van der Waals surface area contributed by atoms with Crippen LogP contribution in [0.25, 0.3) is 6.08 Å². The Morgan fingerprint density at radius 3 is 2.48 bits per heavy atom. The summed E-state index contributed by atoms with van der Waals surface area (Å²) >= 11 is 13.9. The van der Waals surface area contributed by atoms with Gasteiger partial charge >= 0.3 is 5.91 Å². The van der Waals surface area contributed by atoms with Crippen LogP contribution in [0.1, 0.15) is 17.0 Å². The summed E-state index contributed by atoms with van der Waals surface area (Å²) in [5.41, 5.74) is 2.33. The number of hydrogen-bond donors (Lipinski definition) is 0. The zero-order valence-electron chi connectivity index (χ0n) is 16.3. The molecule has 3 aromatic rings. The van der Waals surface area contributed by atoms with Gasteiger partial charge < -0.3 is 4.74 Å². The number of rotatable bonds is 9. The smallest absolute Gasteiger partial charge is 0.309 e. The molecule has 0 fully saturated rings. The predicted molar refractivity (Wildman–Crippen MR) is 126 cm³/mol. The zero-order chi connectivity index (χ0) is 22.1. The molecule has 5 nitrogen and oxygen atoms in total. The van der Waals surface area contributed by atoms with Gasteiger partial charge in [0.05, 0.1) is 22.3 Å². The number of ether oxygens (including phenoxy) is 1. The van der Waals surface area contributed by atoms with Gasteiger partial charge in [-0.05, 0) is 35.9 Å². The molecule has 0 bridgehead atoms. The highest BCUT2D eigenvalue weighted by molar-refractivity contribution is 7.98. The van der Waals surface area contributed by atoms with Crippen molar-refractivity contribution in [3.8, 4) is 5.75 Å². The second-order valence-corrected chi connectivity index (χ2v) is 8.17. The average molecular weight is 473 g/mol. The lowest BCUT2D eigenvalue weighted by molar-refractivity contribution is -0.113. The van der Waals surface area contributed by atoms with Crippen molar-refractivity contribution in [1.29, 1.82) is 0 Å². The predicted octanol–water partition coefficient (Wildman–Crippen LogP) is 6.61. The van der Waals surface area contributed by atoms with Gasteiger partial charge in [-0.25, -0.2) is 4.98 Å². The van der Waals surface area contributed by atoms with Crippen LogP contribution in [0.4, 0.5) is 0 Å². The minimum Gasteiger partial charge on any atom is -0.491 e. The van der Waals surface area contributed by atoms with Crippen molar-refractivity contribution < 1.29 is 9.53 Å². The largest absolute Gasteiger partial charge is 0.491 e. The molecule has 0 N–H and O–H groups in total. The summed E-state index contributed by atoms with van der Waals surface area (Å²) in [5, 5.41) is 3.52. The Hall–Kier alpha value is -2.67. The monoisotopic (exact) mass is 472 g/mol. The molecule has 1 heterocycles. The normalized spacial score (nSPS) is 10.9. The number of hydrogen-bond acceptors (Lipinski definition) is 5. The molecule has 158 valence electrons. The first-order chi connectivity index (χ1) is 15.1. The minimum absolute atomic E-state index is 0.438. The lowest BCUT2D eigenvalue weighted by atomic mass is 10.2. The van der Waals surface area contributed by atoms with Crippen molar-refractivity contribution in [2.75, 3.05) is 6.61 Å². The van der Waals surface area contributed by atoms with E-state index < -0.39 is 5.91 Å². The molecule has 0 aliphatic rings. The topological polar surface area (TPSA) is 68.6 Å². The van der Waals surface area contributed by atoms with Crippen molar-refractivity contribution in [2.24, 2.45) is 5.18 Å². The third kappa shape index (κ3) is 6.92. The lowest BCUT2D eigenvalue weighted by Gasteiger charge is -2.11. The summed E-state index contributed by atoms with van der Waals surface area (Å²) in [6.45, 7) is 0.440. The van der Waals surface area contributed by atoms with Crippen LogP contribution in [0.15, 0.2) is 76.8 Å². The number of thioether (sulfide) groups is 1. The molecular weight excluding hydrogens is 455 g/mol. The second-order valence-electron chi connectivity index (χ2n) is 6.37. The summed E-state index contributed by atoms with van der Waals surface area (Å²) in [7, 11) is 0. The van der Waals surface area contributed by atoms with Crippen LogP contribution in [0.3, 0.4) is 0 Å². The number of carbonyl (C=O) groups is 1. The van der Waals surface area contributed by atoms with Gasteiger partial charge in [0, 0.05) is 28.3 Å². The van der Waals surface area contributed by atoms with Gasteiger partial charge in [0.2, 0.25) is 0 Å². The molecule has 2 aromatic carbocycles. The van der Waals surface area contributed by atoms with Crippen LogP contribution in [-0.4, -0.2) is 17.5 Å². The van der Waals surface area contributed by atoms with E-state index in [-0.39, 0.29) is 0 Å². The van der Waals surface area contributed by atoms with Gasteiger partial charge in [-0.1, -0.05) is 59.6 Å². The standard InChI is InChI=1S/C23H18Cl2N2O3S/c24-18-7-4-8-19(25)23(18)31-15-17-9-11-21(20(26-17)10-12-22(28)27-29)30-14-13-16-5-2-1-3-6-16/h1-12H,13-15H2/b12-10+. The van der Waals surface area contributed by atoms with Crippen LogP contribution < -0.4 is 4.74 Å². The summed E-state index contributed by atoms with van der Waals surface area (Å²) < 4.78 is 5.88. The Kier molecular flexibility index (Phi) is 8.64. The van der Waals surface area contributed by atoms with Crippen LogP contribution in [0.5, 0.6) is 5.75 Å². The first-order valence-electron chi connectivity index (χ1n) is 9.35. The van der Waals surface area contributed by atoms with Gasteiger partial charge in [-0.15, -0.1) is 16.7 Å². The van der Waals surface area contributed by atoms with E-state index in [9.17, 15) is 9.70 Å². The van der Waals surface area contributed by atoms with Crippen LogP contribution in [-0.2, 0) is 17.0 Å².